The second kappa shape index (κ2) is 6.07. The molecule has 0 atom stereocenters. The highest BCUT2D eigenvalue weighted by Gasteiger charge is 2.17. The van der Waals surface area contributed by atoms with Crippen molar-refractivity contribution in [3.05, 3.63) is 24.2 Å². The summed E-state index contributed by atoms with van der Waals surface area (Å²) >= 11 is 0. The molecule has 0 spiro atoms. The van der Waals surface area contributed by atoms with Gasteiger partial charge < -0.3 is 14.4 Å². The van der Waals surface area contributed by atoms with Crippen molar-refractivity contribution in [2.24, 2.45) is 0 Å². The summed E-state index contributed by atoms with van der Waals surface area (Å²) in [6.07, 6.45) is 4.36. The first-order chi connectivity index (χ1) is 10.7. The molecule has 0 aromatic carbocycles. The van der Waals surface area contributed by atoms with Gasteiger partial charge in [-0.15, -0.1) is 0 Å². The molecule has 2 aromatic heterocycles. The molecule has 2 aromatic rings. The van der Waals surface area contributed by atoms with Crippen LogP contribution in [0.5, 0.6) is 11.8 Å². The predicted octanol–water partition coefficient (Wildman–Crippen LogP) is 1.29. The van der Waals surface area contributed by atoms with E-state index in [9.17, 15) is 4.79 Å². The fraction of sp³-hybridized carbons (Fsp3) is 0.333. The molecule has 3 rings (SSSR count). The fourth-order valence-corrected chi connectivity index (χ4v) is 2.46. The summed E-state index contributed by atoms with van der Waals surface area (Å²) in [6.45, 7) is 2.19. The first-order valence-corrected chi connectivity index (χ1v) is 6.91. The predicted molar refractivity (Wildman–Crippen MR) is 80.7 cm³/mol. The van der Waals surface area contributed by atoms with E-state index >= 15 is 0 Å². The van der Waals surface area contributed by atoms with E-state index < -0.39 is 0 Å². The SMILES string of the molecule is COc1nc(C2=CCN(C)CC2)cc2c(OC=O)ncnc12. The van der Waals surface area contributed by atoms with Gasteiger partial charge in [0.05, 0.1) is 18.2 Å². The average molecular weight is 300 g/mol. The summed E-state index contributed by atoms with van der Waals surface area (Å²) in [5, 5.41) is 0.608. The van der Waals surface area contributed by atoms with Gasteiger partial charge >= 0.3 is 0 Å². The van der Waals surface area contributed by atoms with E-state index in [1.807, 2.05) is 6.07 Å². The van der Waals surface area contributed by atoms with Gasteiger partial charge in [-0.2, -0.15) is 0 Å². The molecule has 0 fully saturated rings. The maximum Gasteiger partial charge on any atom is 0.299 e. The van der Waals surface area contributed by atoms with Crippen molar-refractivity contribution in [1.29, 1.82) is 0 Å². The van der Waals surface area contributed by atoms with Gasteiger partial charge in [-0.3, -0.25) is 4.79 Å². The lowest BCUT2D eigenvalue weighted by atomic mass is 10.0. The first-order valence-electron chi connectivity index (χ1n) is 6.91. The van der Waals surface area contributed by atoms with E-state index in [1.54, 1.807) is 0 Å². The van der Waals surface area contributed by atoms with E-state index in [4.69, 9.17) is 9.47 Å². The van der Waals surface area contributed by atoms with E-state index in [2.05, 4.69) is 33.0 Å². The van der Waals surface area contributed by atoms with Crippen molar-refractivity contribution in [3.63, 3.8) is 0 Å². The summed E-state index contributed by atoms with van der Waals surface area (Å²) in [4.78, 5) is 25.6. The minimum atomic E-state index is 0.204. The van der Waals surface area contributed by atoms with Gasteiger partial charge in [-0.05, 0) is 25.1 Å². The van der Waals surface area contributed by atoms with Crippen LogP contribution in [-0.4, -0.2) is 53.6 Å². The van der Waals surface area contributed by atoms with Crippen LogP contribution in [0.25, 0.3) is 16.5 Å². The minimum Gasteiger partial charge on any atom is -0.479 e. The summed E-state index contributed by atoms with van der Waals surface area (Å²) in [7, 11) is 3.61. The van der Waals surface area contributed by atoms with Gasteiger partial charge in [-0.25, -0.2) is 15.0 Å². The van der Waals surface area contributed by atoms with Gasteiger partial charge in [0, 0.05) is 13.1 Å². The molecule has 22 heavy (non-hydrogen) atoms. The molecular formula is C15H16N4O3. The van der Waals surface area contributed by atoms with Crippen molar-refractivity contribution in [3.8, 4) is 11.8 Å². The molecule has 1 aliphatic rings. The molecule has 0 amide bonds. The van der Waals surface area contributed by atoms with Crippen molar-refractivity contribution in [1.82, 2.24) is 19.9 Å². The van der Waals surface area contributed by atoms with Crippen molar-refractivity contribution in [2.45, 2.75) is 6.42 Å². The molecule has 0 N–H and O–H groups in total. The first kappa shape index (κ1) is 14.4. The molecule has 0 aliphatic carbocycles. The molecule has 3 heterocycles. The maximum absolute atomic E-state index is 10.6. The number of aromatic nitrogens is 3. The van der Waals surface area contributed by atoms with E-state index in [-0.39, 0.29) is 5.88 Å². The van der Waals surface area contributed by atoms with Gasteiger partial charge in [0.1, 0.15) is 11.8 Å². The molecule has 1 aliphatic heterocycles. The quantitative estimate of drug-likeness (QED) is 0.787. The zero-order valence-corrected chi connectivity index (χ0v) is 12.4. The molecule has 0 unspecified atom stereocenters. The lowest BCUT2D eigenvalue weighted by Gasteiger charge is -2.22. The van der Waals surface area contributed by atoms with Crippen LogP contribution in [0.1, 0.15) is 12.1 Å². The number of fused-ring (bicyclic) bond motifs is 1. The lowest BCUT2D eigenvalue weighted by molar-refractivity contribution is -0.120. The normalized spacial score (nSPS) is 15.5. The van der Waals surface area contributed by atoms with Crippen LogP contribution >= 0.6 is 0 Å². The highest BCUT2D eigenvalue weighted by molar-refractivity contribution is 5.90. The monoisotopic (exact) mass is 300 g/mol. The summed E-state index contributed by atoms with van der Waals surface area (Å²) in [5.41, 5.74) is 2.45. The van der Waals surface area contributed by atoms with Crippen molar-refractivity contribution < 1.29 is 14.3 Å². The summed E-state index contributed by atoms with van der Waals surface area (Å²) in [6, 6.07) is 1.84. The Hall–Kier alpha value is -2.54. The molecule has 0 radical (unpaired) electrons. The minimum absolute atomic E-state index is 0.204. The zero-order valence-electron chi connectivity index (χ0n) is 12.4. The number of methoxy groups -OCH3 is 1. The summed E-state index contributed by atoms with van der Waals surface area (Å²) in [5.74, 6) is 0.598. The number of pyridine rings is 1. The second-order valence-corrected chi connectivity index (χ2v) is 5.05. The maximum atomic E-state index is 10.6. The Balaban J connectivity index is 2.16. The van der Waals surface area contributed by atoms with Gasteiger partial charge in [-0.1, -0.05) is 6.08 Å². The number of carbonyl (C=O) groups excluding carboxylic acids is 1. The third-order valence-corrected chi connectivity index (χ3v) is 3.65. The Kier molecular flexibility index (Phi) is 3.97. The number of likely N-dealkylation sites (N-methyl/N-ethyl adjacent to an activating group) is 1. The largest absolute Gasteiger partial charge is 0.479 e. The second-order valence-electron chi connectivity index (χ2n) is 5.05. The van der Waals surface area contributed by atoms with Crippen LogP contribution in [0.15, 0.2) is 18.5 Å². The van der Waals surface area contributed by atoms with Crippen LogP contribution in [0.3, 0.4) is 0 Å². The molecule has 7 heteroatoms. The van der Waals surface area contributed by atoms with Crippen LogP contribution in [0, 0.1) is 0 Å². The number of hydrogen-bond acceptors (Lipinski definition) is 7. The Morgan fingerprint density at radius 2 is 2.18 bits per heavy atom. The average Bonchev–Trinajstić information content (AvgIpc) is 2.55. The van der Waals surface area contributed by atoms with Gasteiger partial charge in [0.15, 0.2) is 0 Å². The summed E-state index contributed by atoms with van der Waals surface area (Å²) < 4.78 is 10.3. The number of nitrogens with zero attached hydrogens (tertiary/aromatic N) is 4. The Morgan fingerprint density at radius 3 is 2.86 bits per heavy atom. The third kappa shape index (κ3) is 2.62. The Labute approximate surface area is 127 Å². The van der Waals surface area contributed by atoms with Crippen LogP contribution in [0.4, 0.5) is 0 Å². The van der Waals surface area contributed by atoms with E-state index in [0.717, 1.165) is 30.8 Å². The molecule has 0 saturated heterocycles. The topological polar surface area (TPSA) is 77.4 Å². The molecule has 0 saturated carbocycles. The van der Waals surface area contributed by atoms with E-state index in [0.29, 0.717) is 23.3 Å². The van der Waals surface area contributed by atoms with Gasteiger partial charge in [0.25, 0.3) is 6.47 Å². The highest BCUT2D eigenvalue weighted by atomic mass is 16.5. The number of ether oxygens (including phenoxy) is 2. The van der Waals surface area contributed by atoms with Crippen LogP contribution < -0.4 is 9.47 Å². The molecular weight excluding hydrogens is 284 g/mol. The standard InChI is InChI=1S/C15H16N4O3/c1-19-5-3-10(4-6-19)12-7-11-13(15(18-12)21-2)16-8-17-14(11)22-9-20/h3,7-9H,4-6H2,1-2H3. The smallest absolute Gasteiger partial charge is 0.299 e. The van der Waals surface area contributed by atoms with Gasteiger partial charge in [0.2, 0.25) is 11.8 Å². The molecule has 0 bridgehead atoms. The third-order valence-electron chi connectivity index (χ3n) is 3.65. The van der Waals surface area contributed by atoms with Crippen LogP contribution in [0.2, 0.25) is 0 Å². The molecule has 114 valence electrons. The Morgan fingerprint density at radius 1 is 1.32 bits per heavy atom. The molecule has 7 nitrogen and oxygen atoms in total. The van der Waals surface area contributed by atoms with E-state index in [1.165, 1.54) is 13.4 Å². The van der Waals surface area contributed by atoms with Crippen molar-refractivity contribution >= 4 is 22.9 Å². The van der Waals surface area contributed by atoms with Crippen molar-refractivity contribution in [2.75, 3.05) is 27.2 Å². The fourth-order valence-electron chi connectivity index (χ4n) is 2.46. The lowest BCUT2D eigenvalue weighted by Crippen LogP contribution is -2.23. The highest BCUT2D eigenvalue weighted by Crippen LogP contribution is 2.31. The number of rotatable bonds is 4. The number of hydrogen-bond donors (Lipinski definition) is 0. The van der Waals surface area contributed by atoms with Crippen LogP contribution in [-0.2, 0) is 4.79 Å². The number of carbonyl (C=O) groups is 1. The Bertz CT molecular complexity index is 745. The zero-order chi connectivity index (χ0) is 15.5.